The average molecular weight is 353 g/mol. The van der Waals surface area contributed by atoms with Crippen LogP contribution in [-0.2, 0) is 0 Å². The van der Waals surface area contributed by atoms with Crippen molar-refractivity contribution in [2.45, 2.75) is 6.92 Å². The number of rotatable bonds is 5. The Labute approximate surface area is 150 Å². The summed E-state index contributed by atoms with van der Waals surface area (Å²) >= 11 is 5.86. The second-order valence-corrected chi connectivity index (χ2v) is 5.94. The van der Waals surface area contributed by atoms with Crippen LogP contribution in [0.3, 0.4) is 0 Å². The van der Waals surface area contributed by atoms with Gasteiger partial charge in [0.2, 0.25) is 0 Å². The Morgan fingerprint density at radius 3 is 2.44 bits per heavy atom. The second kappa shape index (κ2) is 7.23. The smallest absolute Gasteiger partial charge is 0.287 e. The van der Waals surface area contributed by atoms with Crippen LogP contribution in [-0.4, -0.2) is 16.1 Å². The molecule has 1 amide bonds. The Kier molecular flexibility index (Phi) is 4.86. The van der Waals surface area contributed by atoms with Crippen LogP contribution >= 0.6 is 11.6 Å². The highest BCUT2D eigenvalue weighted by molar-refractivity contribution is 6.30. The fourth-order valence-electron chi connectivity index (χ4n) is 2.41. The first-order chi connectivity index (χ1) is 12.1. The molecule has 0 radical (unpaired) electrons. The maximum Gasteiger partial charge on any atom is 0.287 e. The van der Waals surface area contributed by atoms with E-state index in [1.54, 1.807) is 12.1 Å². The summed E-state index contributed by atoms with van der Waals surface area (Å²) in [6, 6.07) is 16.9. The van der Waals surface area contributed by atoms with Crippen LogP contribution < -0.4 is 10.9 Å². The summed E-state index contributed by atoms with van der Waals surface area (Å²) in [7, 11) is 0. The van der Waals surface area contributed by atoms with Gasteiger partial charge in [0.1, 0.15) is 5.69 Å². The summed E-state index contributed by atoms with van der Waals surface area (Å²) in [6.07, 6.45) is 0. The lowest BCUT2D eigenvalue weighted by molar-refractivity contribution is 0.0937. The zero-order valence-electron chi connectivity index (χ0n) is 13.6. The number of amides is 1. The van der Waals surface area contributed by atoms with Crippen molar-refractivity contribution in [2.75, 3.05) is 0 Å². The Balaban J connectivity index is 1.69. The predicted octanol–water partition coefficient (Wildman–Crippen LogP) is 3.94. The molecule has 3 N–H and O–H groups in total. The molecule has 0 unspecified atom stereocenters. The number of hydrogen-bond acceptors (Lipinski definition) is 3. The monoisotopic (exact) mass is 352 g/mol. The molecule has 0 aliphatic heterocycles. The van der Waals surface area contributed by atoms with Crippen LogP contribution in [0, 0.1) is 6.92 Å². The highest BCUT2D eigenvalue weighted by Gasteiger charge is 2.16. The number of hydrogen-bond donors (Lipinski definition) is 3. The van der Waals surface area contributed by atoms with E-state index in [2.05, 4.69) is 27.6 Å². The van der Waals surface area contributed by atoms with Crippen molar-refractivity contribution < 1.29 is 4.79 Å². The Morgan fingerprint density at radius 2 is 1.76 bits per heavy atom. The molecule has 2 aromatic carbocycles. The fourth-order valence-corrected chi connectivity index (χ4v) is 2.54. The van der Waals surface area contributed by atoms with Gasteiger partial charge in [-0.3, -0.25) is 20.7 Å². The van der Waals surface area contributed by atoms with E-state index in [0.29, 0.717) is 16.4 Å². The first-order valence-electron chi connectivity index (χ1n) is 7.68. The van der Waals surface area contributed by atoms with Crippen molar-refractivity contribution in [1.29, 1.82) is 0 Å². The van der Waals surface area contributed by atoms with E-state index < -0.39 is 0 Å². The summed E-state index contributed by atoms with van der Waals surface area (Å²) < 4.78 is 0. The van der Waals surface area contributed by atoms with E-state index in [0.717, 1.165) is 22.4 Å². The molecule has 0 spiro atoms. The number of H-pyrrole nitrogens is 1. The average Bonchev–Trinajstić information content (AvgIpc) is 3.02. The van der Waals surface area contributed by atoms with E-state index in [-0.39, 0.29) is 5.91 Å². The molecule has 126 valence electrons. The lowest BCUT2D eigenvalue weighted by atomic mass is 10.1. The lowest BCUT2D eigenvalue weighted by Gasteiger charge is -2.11. The highest BCUT2D eigenvalue weighted by Crippen LogP contribution is 2.22. The molecule has 0 fully saturated rings. The van der Waals surface area contributed by atoms with Gasteiger partial charge >= 0.3 is 0 Å². The molecular weight excluding hydrogens is 336 g/mol. The van der Waals surface area contributed by atoms with Crippen LogP contribution in [0.5, 0.6) is 0 Å². The van der Waals surface area contributed by atoms with Gasteiger partial charge in [-0.2, -0.15) is 5.10 Å². The van der Waals surface area contributed by atoms with Gasteiger partial charge in [0.05, 0.1) is 11.4 Å². The molecule has 3 rings (SSSR count). The maximum absolute atomic E-state index is 12.4. The van der Waals surface area contributed by atoms with Gasteiger partial charge in [-0.25, -0.2) is 0 Å². The normalized spacial score (nSPS) is 10.3. The first kappa shape index (κ1) is 16.8. The van der Waals surface area contributed by atoms with E-state index in [4.69, 9.17) is 11.6 Å². The summed E-state index contributed by atoms with van der Waals surface area (Å²) in [5, 5.41) is 7.69. The molecule has 0 saturated heterocycles. The number of carbonyl (C=O) groups is 1. The van der Waals surface area contributed by atoms with Crippen LogP contribution in [0.4, 0.5) is 0 Å². The maximum atomic E-state index is 12.4. The van der Waals surface area contributed by atoms with Crippen molar-refractivity contribution in [2.24, 2.45) is 0 Å². The van der Waals surface area contributed by atoms with E-state index >= 15 is 0 Å². The van der Waals surface area contributed by atoms with Crippen molar-refractivity contribution >= 4 is 23.2 Å². The van der Waals surface area contributed by atoms with Crippen LogP contribution in [0.2, 0.25) is 5.02 Å². The lowest BCUT2D eigenvalue weighted by Crippen LogP contribution is -2.36. The van der Waals surface area contributed by atoms with Crippen LogP contribution in [0.15, 0.2) is 61.2 Å². The quantitative estimate of drug-likeness (QED) is 0.609. The third-order valence-corrected chi connectivity index (χ3v) is 4.06. The molecule has 0 aliphatic carbocycles. The summed E-state index contributed by atoms with van der Waals surface area (Å²) in [5.74, 6) is -0.317. The minimum atomic E-state index is -0.317. The van der Waals surface area contributed by atoms with Gasteiger partial charge in [-0.15, -0.1) is 0 Å². The Bertz CT molecular complexity index is 901. The zero-order valence-corrected chi connectivity index (χ0v) is 14.4. The van der Waals surface area contributed by atoms with Crippen LogP contribution in [0.25, 0.3) is 17.0 Å². The topological polar surface area (TPSA) is 69.8 Å². The predicted molar refractivity (Wildman–Crippen MR) is 99.8 cm³/mol. The van der Waals surface area contributed by atoms with Gasteiger partial charge in [0, 0.05) is 16.1 Å². The minimum absolute atomic E-state index is 0.317. The summed E-state index contributed by atoms with van der Waals surface area (Å²) in [4.78, 5) is 12.4. The van der Waals surface area contributed by atoms with Crippen molar-refractivity contribution in [3.05, 3.63) is 83.0 Å². The largest absolute Gasteiger partial charge is 0.298 e. The fraction of sp³-hybridized carbons (Fsp3) is 0.0526. The van der Waals surface area contributed by atoms with Crippen molar-refractivity contribution in [3.63, 3.8) is 0 Å². The van der Waals surface area contributed by atoms with Crippen molar-refractivity contribution in [1.82, 2.24) is 21.0 Å². The third kappa shape index (κ3) is 3.72. The van der Waals surface area contributed by atoms with Gasteiger partial charge in [-0.1, -0.05) is 60.6 Å². The number of hydrazine groups is 1. The van der Waals surface area contributed by atoms with Crippen LogP contribution in [0.1, 0.15) is 21.6 Å². The molecule has 0 saturated carbocycles. The van der Waals surface area contributed by atoms with Gasteiger partial charge in [0.25, 0.3) is 5.91 Å². The SMILES string of the molecule is C=C(NNC(=O)c1[nH]nc(-c2ccccc2)c1C)c1ccc(Cl)cc1. The van der Waals surface area contributed by atoms with Gasteiger partial charge in [-0.05, 0) is 24.6 Å². The molecule has 25 heavy (non-hydrogen) atoms. The number of halogens is 1. The number of carbonyl (C=O) groups excluding carboxylic acids is 1. The molecule has 3 aromatic rings. The summed E-state index contributed by atoms with van der Waals surface area (Å²) in [5.41, 5.74) is 9.71. The first-order valence-corrected chi connectivity index (χ1v) is 8.05. The van der Waals surface area contributed by atoms with E-state index in [1.807, 2.05) is 49.4 Å². The Morgan fingerprint density at radius 1 is 1.08 bits per heavy atom. The summed E-state index contributed by atoms with van der Waals surface area (Å²) in [6.45, 7) is 5.76. The number of nitrogens with one attached hydrogen (secondary N) is 3. The molecule has 1 heterocycles. The molecular formula is C19H17ClN4O. The molecule has 0 aliphatic rings. The Hall–Kier alpha value is -3.05. The van der Waals surface area contributed by atoms with E-state index in [1.165, 1.54) is 0 Å². The van der Waals surface area contributed by atoms with Gasteiger partial charge in [0.15, 0.2) is 0 Å². The molecule has 6 heteroatoms. The molecule has 0 bridgehead atoms. The number of benzene rings is 2. The number of nitrogens with zero attached hydrogens (tertiary/aromatic N) is 1. The third-order valence-electron chi connectivity index (χ3n) is 3.80. The second-order valence-electron chi connectivity index (χ2n) is 5.50. The molecule has 5 nitrogen and oxygen atoms in total. The van der Waals surface area contributed by atoms with Gasteiger partial charge < -0.3 is 0 Å². The zero-order chi connectivity index (χ0) is 17.8. The minimum Gasteiger partial charge on any atom is -0.298 e. The van der Waals surface area contributed by atoms with Crippen molar-refractivity contribution in [3.8, 4) is 11.3 Å². The molecule has 1 aromatic heterocycles. The molecule has 0 atom stereocenters. The number of aromatic nitrogens is 2. The number of aromatic amines is 1. The highest BCUT2D eigenvalue weighted by atomic mass is 35.5. The van der Waals surface area contributed by atoms with E-state index in [9.17, 15) is 4.79 Å². The standard InChI is InChI=1S/C19H17ClN4O/c1-12-17(15-6-4-3-5-7-15)22-23-18(12)19(25)24-21-13(2)14-8-10-16(20)11-9-14/h3-11,21H,2H2,1H3,(H,22,23)(H,24,25).